The summed E-state index contributed by atoms with van der Waals surface area (Å²) in [4.78, 5) is 11.0. The van der Waals surface area contributed by atoms with Crippen LogP contribution in [0.4, 0.5) is 14.5 Å². The van der Waals surface area contributed by atoms with Crippen LogP contribution in [0, 0.1) is 11.6 Å². The summed E-state index contributed by atoms with van der Waals surface area (Å²) in [6.07, 6.45) is 7.25. The molecule has 7 heteroatoms. The summed E-state index contributed by atoms with van der Waals surface area (Å²) < 4.78 is 25.1. The summed E-state index contributed by atoms with van der Waals surface area (Å²) in [7, 11) is 0. The highest BCUT2D eigenvalue weighted by molar-refractivity contribution is 5.96. The largest absolute Gasteiger partial charge is 0.404 e. The molecule has 136 valence electrons. The lowest BCUT2D eigenvalue weighted by Gasteiger charge is -2.17. The van der Waals surface area contributed by atoms with Crippen molar-refractivity contribution in [3.05, 3.63) is 52.9 Å². The predicted molar refractivity (Wildman–Crippen MR) is 94.1 cm³/mol. The van der Waals surface area contributed by atoms with Crippen LogP contribution in [0.5, 0.6) is 0 Å². The second kappa shape index (κ2) is 8.50. The number of hydrogen-bond donors (Lipinski definition) is 4. The highest BCUT2D eigenvalue weighted by Crippen LogP contribution is 2.26. The lowest BCUT2D eigenvalue weighted by molar-refractivity contribution is -0.114. The number of nitrogens with two attached hydrogens (primary N) is 3. The van der Waals surface area contributed by atoms with Gasteiger partial charge in [-0.1, -0.05) is 0 Å². The van der Waals surface area contributed by atoms with Crippen molar-refractivity contribution in [2.75, 3.05) is 5.32 Å². The number of carbonyl (C=O) groups is 1. The first-order valence-corrected chi connectivity index (χ1v) is 8.33. The van der Waals surface area contributed by atoms with Crippen molar-refractivity contribution in [3.8, 4) is 0 Å². The number of carbonyl (C=O) groups excluding carboxylic acids is 1. The molecule has 2 aliphatic carbocycles. The van der Waals surface area contributed by atoms with Crippen molar-refractivity contribution in [2.24, 2.45) is 17.2 Å². The molecule has 1 aromatic rings. The standard InChI is InChI=1S/C9H9F2N.C9H15N3O/c10-8-4-3-7(5-9(8)11)12-6-1-2-6;10-5-7(9(12)13)6-3-1-2-4-8(6)11/h3-6,12H,1-2H2;5H,1-4,10-11H2,(H2,12,13)/b;7-5+. The summed E-state index contributed by atoms with van der Waals surface area (Å²) in [6.45, 7) is 0. The minimum atomic E-state index is -0.795. The van der Waals surface area contributed by atoms with E-state index in [0.717, 1.165) is 55.9 Å². The van der Waals surface area contributed by atoms with Gasteiger partial charge in [-0.05, 0) is 56.2 Å². The Balaban J connectivity index is 0.000000181. The zero-order valence-corrected chi connectivity index (χ0v) is 14.0. The van der Waals surface area contributed by atoms with Crippen LogP contribution < -0.4 is 22.5 Å². The van der Waals surface area contributed by atoms with Crippen molar-refractivity contribution in [3.63, 3.8) is 0 Å². The Bertz CT molecular complexity index is 696. The third-order valence-corrected chi connectivity index (χ3v) is 4.14. The van der Waals surface area contributed by atoms with E-state index in [-0.39, 0.29) is 0 Å². The molecule has 2 aliphatic rings. The molecular formula is C18H24F2N4O. The van der Waals surface area contributed by atoms with Gasteiger partial charge in [-0.3, -0.25) is 4.79 Å². The lowest BCUT2D eigenvalue weighted by Crippen LogP contribution is -2.20. The van der Waals surface area contributed by atoms with Crippen LogP contribution in [0.3, 0.4) is 0 Å². The van der Waals surface area contributed by atoms with E-state index in [2.05, 4.69) is 5.32 Å². The molecular weight excluding hydrogens is 326 g/mol. The topological polar surface area (TPSA) is 107 Å². The van der Waals surface area contributed by atoms with Crippen molar-refractivity contribution in [2.45, 2.75) is 44.6 Å². The predicted octanol–water partition coefficient (Wildman–Crippen LogP) is 2.64. The molecule has 1 saturated carbocycles. The molecule has 1 aromatic carbocycles. The van der Waals surface area contributed by atoms with E-state index < -0.39 is 17.5 Å². The number of primary amides is 1. The molecule has 1 amide bonds. The smallest absolute Gasteiger partial charge is 0.250 e. The summed E-state index contributed by atoms with van der Waals surface area (Å²) >= 11 is 0. The van der Waals surface area contributed by atoms with Crippen LogP contribution in [0.15, 0.2) is 41.2 Å². The second-order valence-electron chi connectivity index (χ2n) is 6.20. The van der Waals surface area contributed by atoms with Crippen molar-refractivity contribution >= 4 is 11.6 Å². The van der Waals surface area contributed by atoms with Gasteiger partial charge in [0.25, 0.3) is 5.91 Å². The van der Waals surface area contributed by atoms with Gasteiger partial charge >= 0.3 is 0 Å². The van der Waals surface area contributed by atoms with E-state index in [9.17, 15) is 13.6 Å². The first-order valence-electron chi connectivity index (χ1n) is 8.33. The van der Waals surface area contributed by atoms with E-state index in [1.165, 1.54) is 12.3 Å². The number of amides is 1. The Hall–Kier alpha value is -2.57. The minimum Gasteiger partial charge on any atom is -0.404 e. The van der Waals surface area contributed by atoms with Gasteiger partial charge in [-0.25, -0.2) is 8.78 Å². The fraction of sp³-hybridized carbons (Fsp3) is 0.389. The normalized spacial score (nSPS) is 17.6. The average Bonchev–Trinajstić information content (AvgIpc) is 3.38. The molecule has 0 spiro atoms. The third kappa shape index (κ3) is 5.48. The van der Waals surface area contributed by atoms with Gasteiger partial charge < -0.3 is 22.5 Å². The van der Waals surface area contributed by atoms with Crippen LogP contribution in [0.1, 0.15) is 38.5 Å². The highest BCUT2D eigenvalue weighted by atomic mass is 19.2. The average molecular weight is 350 g/mol. The van der Waals surface area contributed by atoms with E-state index in [1.54, 1.807) is 6.07 Å². The van der Waals surface area contributed by atoms with E-state index >= 15 is 0 Å². The molecule has 7 N–H and O–H groups in total. The van der Waals surface area contributed by atoms with Gasteiger partial charge in [0.15, 0.2) is 11.6 Å². The number of anilines is 1. The van der Waals surface area contributed by atoms with E-state index in [0.29, 0.717) is 17.3 Å². The molecule has 0 radical (unpaired) electrons. The van der Waals surface area contributed by atoms with Crippen molar-refractivity contribution < 1.29 is 13.6 Å². The fourth-order valence-corrected chi connectivity index (χ4v) is 2.62. The lowest BCUT2D eigenvalue weighted by atomic mass is 9.91. The van der Waals surface area contributed by atoms with Crippen molar-refractivity contribution in [1.82, 2.24) is 0 Å². The number of hydrogen-bond acceptors (Lipinski definition) is 4. The molecule has 1 fully saturated rings. The van der Waals surface area contributed by atoms with Crippen LogP contribution in [-0.2, 0) is 4.79 Å². The molecule has 0 saturated heterocycles. The molecule has 3 rings (SSSR count). The molecule has 0 heterocycles. The zero-order valence-electron chi connectivity index (χ0n) is 14.0. The van der Waals surface area contributed by atoms with Gasteiger partial charge in [-0.2, -0.15) is 0 Å². The summed E-state index contributed by atoms with van der Waals surface area (Å²) in [5.41, 5.74) is 18.9. The van der Waals surface area contributed by atoms with Gasteiger partial charge in [0.05, 0.1) is 5.57 Å². The molecule has 0 bridgehead atoms. The summed E-state index contributed by atoms with van der Waals surface area (Å²) in [6, 6.07) is 4.35. The van der Waals surface area contributed by atoms with Gasteiger partial charge in [0, 0.05) is 29.7 Å². The second-order valence-corrected chi connectivity index (χ2v) is 6.20. The maximum absolute atomic E-state index is 12.6. The van der Waals surface area contributed by atoms with Gasteiger partial charge in [-0.15, -0.1) is 0 Å². The molecule has 0 unspecified atom stereocenters. The quantitative estimate of drug-likeness (QED) is 0.626. The van der Waals surface area contributed by atoms with Crippen LogP contribution in [-0.4, -0.2) is 11.9 Å². The Morgan fingerprint density at radius 3 is 2.36 bits per heavy atom. The van der Waals surface area contributed by atoms with Crippen LogP contribution in [0.25, 0.3) is 0 Å². The van der Waals surface area contributed by atoms with Gasteiger partial charge in [0.1, 0.15) is 0 Å². The SMILES string of the molecule is Fc1ccc(NC2CC2)cc1F.N/C=C(/C(N)=O)C1=C(N)CCCC1. The fourth-order valence-electron chi connectivity index (χ4n) is 2.62. The Labute approximate surface area is 145 Å². The monoisotopic (exact) mass is 350 g/mol. The number of allylic oxidation sites excluding steroid dienone is 1. The Morgan fingerprint density at radius 2 is 1.84 bits per heavy atom. The van der Waals surface area contributed by atoms with Crippen molar-refractivity contribution in [1.29, 1.82) is 0 Å². The maximum atomic E-state index is 12.6. The third-order valence-electron chi connectivity index (χ3n) is 4.14. The Kier molecular flexibility index (Phi) is 6.38. The summed E-state index contributed by atoms with van der Waals surface area (Å²) in [5.74, 6) is -2.08. The van der Waals surface area contributed by atoms with Crippen LogP contribution >= 0.6 is 0 Å². The number of halogens is 2. The maximum Gasteiger partial charge on any atom is 0.250 e. The minimum absolute atomic E-state index is 0.372. The molecule has 0 aromatic heterocycles. The molecule has 5 nitrogen and oxygen atoms in total. The molecule has 0 atom stereocenters. The molecule has 0 aliphatic heterocycles. The number of benzene rings is 1. The van der Waals surface area contributed by atoms with E-state index in [1.807, 2.05) is 0 Å². The molecule has 25 heavy (non-hydrogen) atoms. The Morgan fingerprint density at radius 1 is 1.16 bits per heavy atom. The van der Waals surface area contributed by atoms with Gasteiger partial charge in [0.2, 0.25) is 0 Å². The highest BCUT2D eigenvalue weighted by Gasteiger charge is 2.21. The zero-order chi connectivity index (χ0) is 18.4. The number of nitrogens with one attached hydrogen (secondary N) is 1. The van der Waals surface area contributed by atoms with Crippen LogP contribution in [0.2, 0.25) is 0 Å². The number of rotatable bonds is 4. The van der Waals surface area contributed by atoms with E-state index in [4.69, 9.17) is 17.2 Å². The summed E-state index contributed by atoms with van der Waals surface area (Å²) in [5, 5.41) is 3.08. The first kappa shape index (κ1) is 18.8. The first-order chi connectivity index (χ1) is 11.9.